The van der Waals surface area contributed by atoms with Crippen LogP contribution in [0.25, 0.3) is 0 Å². The molecule has 1 heterocycles. The van der Waals surface area contributed by atoms with E-state index in [9.17, 15) is 20.7 Å². The Morgan fingerprint density at radius 2 is 1.94 bits per heavy atom. The Morgan fingerprint density at radius 3 is 2.39 bits per heavy atom. The van der Waals surface area contributed by atoms with Gasteiger partial charge >= 0.3 is 10.4 Å². The monoisotopic (exact) mass is 321 g/mol. The first-order valence-electron chi connectivity index (χ1n) is 4.65. The van der Waals surface area contributed by atoms with Gasteiger partial charge in [0.1, 0.15) is 12.4 Å². The summed E-state index contributed by atoms with van der Waals surface area (Å²) < 4.78 is 59.0. The number of aromatic nitrogens is 2. The molecule has 0 saturated heterocycles. The summed E-state index contributed by atoms with van der Waals surface area (Å²) in [6.07, 6.45) is 5.44. The van der Waals surface area contributed by atoms with Crippen molar-refractivity contribution in [3.63, 3.8) is 0 Å². The van der Waals surface area contributed by atoms with E-state index in [0.717, 1.165) is 4.13 Å². The summed E-state index contributed by atoms with van der Waals surface area (Å²) in [5.74, 6) is -0.460. The molecule has 11 heteroatoms. The molecule has 7 nitrogen and oxygen atoms in total. The lowest BCUT2D eigenvalue weighted by Crippen LogP contribution is -3.00. The molecule has 0 aromatic carbocycles. The van der Waals surface area contributed by atoms with E-state index in [2.05, 4.69) is 0 Å². The lowest BCUT2D eigenvalue weighted by Gasteiger charge is -2.01. The number of nitrogens with one attached hydrogen (secondary N) is 1. The number of halogens is 2. The molecule has 0 fully saturated rings. The van der Waals surface area contributed by atoms with Crippen molar-refractivity contribution in [2.24, 2.45) is 7.05 Å². The minimum Gasteiger partial charge on any atom is -1.00 e. The highest BCUT2D eigenvalue weighted by molar-refractivity contribution is 8.02. The van der Waals surface area contributed by atoms with Crippen LogP contribution in [0.15, 0.2) is 18.7 Å². The largest absolute Gasteiger partial charge is 1.00 e. The van der Waals surface area contributed by atoms with Gasteiger partial charge in [0, 0.05) is 6.42 Å². The summed E-state index contributed by atoms with van der Waals surface area (Å²) in [4.78, 5) is 0. The van der Waals surface area contributed by atoms with Gasteiger partial charge in [-0.3, -0.25) is 0 Å². The fraction of sp³-hybridized carbons (Fsp3) is 0.571. The van der Waals surface area contributed by atoms with Crippen LogP contribution < -0.4 is 21.1 Å². The fourth-order valence-corrected chi connectivity index (χ4v) is 3.32. The summed E-state index contributed by atoms with van der Waals surface area (Å²) in [5.41, 5.74) is 0. The lowest BCUT2D eigenvalue weighted by molar-refractivity contribution is -0.671. The SMILES string of the molecule is C[n+]1ccn(CCCS(=O)(=O)NS(=O)(=O)F)c1.[Cl-]. The van der Waals surface area contributed by atoms with Gasteiger partial charge < -0.3 is 12.4 Å². The molecule has 0 unspecified atom stereocenters. The fourth-order valence-electron chi connectivity index (χ4n) is 1.26. The van der Waals surface area contributed by atoms with E-state index in [4.69, 9.17) is 0 Å². The van der Waals surface area contributed by atoms with Crippen LogP contribution in [0.1, 0.15) is 6.42 Å². The molecule has 0 amide bonds. The Morgan fingerprint density at radius 1 is 1.33 bits per heavy atom. The molecule has 0 aliphatic rings. The van der Waals surface area contributed by atoms with Crippen LogP contribution in [0, 0.1) is 0 Å². The number of hydrogen-bond acceptors (Lipinski definition) is 4. The van der Waals surface area contributed by atoms with E-state index >= 15 is 0 Å². The van der Waals surface area contributed by atoms with Crippen LogP contribution in [0.5, 0.6) is 0 Å². The van der Waals surface area contributed by atoms with Crippen molar-refractivity contribution in [1.82, 2.24) is 8.69 Å². The van der Waals surface area contributed by atoms with E-state index in [1.807, 2.05) is 7.05 Å². The quantitative estimate of drug-likeness (QED) is 0.425. The number of rotatable bonds is 6. The number of imidazole rings is 1. The minimum absolute atomic E-state index is 0. The first-order chi connectivity index (χ1) is 7.68. The zero-order valence-corrected chi connectivity index (χ0v) is 11.8. The van der Waals surface area contributed by atoms with Crippen molar-refractivity contribution in [3.05, 3.63) is 18.7 Å². The second kappa shape index (κ2) is 6.45. The summed E-state index contributed by atoms with van der Waals surface area (Å²) in [6, 6.07) is 0. The van der Waals surface area contributed by atoms with Crippen LogP contribution in [0.2, 0.25) is 0 Å². The van der Waals surface area contributed by atoms with Crippen molar-refractivity contribution in [2.45, 2.75) is 13.0 Å². The van der Waals surface area contributed by atoms with Crippen LogP contribution in [-0.4, -0.2) is 27.2 Å². The number of nitrogens with zero attached hydrogens (tertiary/aromatic N) is 2. The van der Waals surface area contributed by atoms with Gasteiger partial charge in [-0.2, -0.15) is 8.42 Å². The summed E-state index contributed by atoms with van der Waals surface area (Å²) in [7, 11) is -7.55. The highest BCUT2D eigenvalue weighted by Gasteiger charge is 2.19. The van der Waals surface area contributed by atoms with Gasteiger partial charge in [-0.05, 0) is 0 Å². The van der Waals surface area contributed by atoms with E-state index in [-0.39, 0.29) is 18.8 Å². The number of hydrogen-bond donors (Lipinski definition) is 1. The van der Waals surface area contributed by atoms with Crippen molar-refractivity contribution in [2.75, 3.05) is 5.75 Å². The third-order valence-electron chi connectivity index (χ3n) is 1.88. The van der Waals surface area contributed by atoms with E-state index in [1.165, 1.54) is 0 Å². The third-order valence-corrected chi connectivity index (χ3v) is 4.52. The standard InChI is InChI=1S/C7H13FN3O4S2.ClH/c1-10-4-5-11(7-10)3-2-6-16(12,13)9-17(8,14)15;/h4-5,7,9H,2-3,6H2,1H3;1H/q+1;/p-1. The Labute approximate surface area is 111 Å². The normalized spacial score (nSPS) is 12.1. The van der Waals surface area contributed by atoms with E-state index in [0.29, 0.717) is 6.54 Å². The topological polar surface area (TPSA) is 89.1 Å². The number of aryl methyl sites for hydroxylation is 2. The highest BCUT2D eigenvalue weighted by Crippen LogP contribution is 1.97. The van der Waals surface area contributed by atoms with Gasteiger partial charge in [0.2, 0.25) is 16.4 Å². The molecule has 0 aliphatic carbocycles. The maximum atomic E-state index is 12.1. The summed E-state index contributed by atoms with van der Waals surface area (Å²) in [5, 5.41) is 0. The predicted molar refractivity (Wildman–Crippen MR) is 57.2 cm³/mol. The molecular formula is C7H13ClFN3O4S2. The first-order valence-corrected chi connectivity index (χ1v) is 7.68. The van der Waals surface area contributed by atoms with Crippen LogP contribution in [-0.2, 0) is 34.0 Å². The van der Waals surface area contributed by atoms with Crippen molar-refractivity contribution in [3.8, 4) is 0 Å². The molecule has 18 heavy (non-hydrogen) atoms. The summed E-state index contributed by atoms with van der Waals surface area (Å²) in [6.45, 7) is 0.397. The number of sulfonamides is 1. The molecule has 0 atom stereocenters. The maximum absolute atomic E-state index is 12.1. The van der Waals surface area contributed by atoms with Crippen molar-refractivity contribution in [1.29, 1.82) is 0 Å². The molecule has 0 bridgehead atoms. The second-order valence-corrected chi connectivity index (χ2v) is 6.69. The first kappa shape index (κ1) is 17.3. The van der Waals surface area contributed by atoms with E-state index in [1.54, 1.807) is 27.9 Å². The lowest BCUT2D eigenvalue weighted by atomic mass is 10.5. The Kier molecular flexibility index (Phi) is 6.20. The minimum atomic E-state index is -5.22. The van der Waals surface area contributed by atoms with Crippen molar-refractivity contribution >= 4 is 20.4 Å². The maximum Gasteiger partial charge on any atom is 0.385 e. The average Bonchev–Trinajstić information content (AvgIpc) is 2.46. The molecular weight excluding hydrogens is 309 g/mol. The molecule has 0 aliphatic heterocycles. The van der Waals surface area contributed by atoms with Gasteiger partial charge in [-0.15, -0.1) is 0 Å². The molecule has 1 aromatic rings. The Bertz CT molecular complexity index is 584. The van der Waals surface area contributed by atoms with Crippen LogP contribution >= 0.6 is 0 Å². The van der Waals surface area contributed by atoms with Gasteiger partial charge in [-0.25, -0.2) is 17.6 Å². The smallest absolute Gasteiger partial charge is 0.385 e. The van der Waals surface area contributed by atoms with Gasteiger partial charge in [0.15, 0.2) is 0 Å². The molecule has 106 valence electrons. The molecule has 0 saturated carbocycles. The van der Waals surface area contributed by atoms with Crippen molar-refractivity contribution < 1.29 is 37.7 Å². The Balaban J connectivity index is 0.00000289. The van der Waals surface area contributed by atoms with Gasteiger partial charge in [-0.1, -0.05) is 8.01 Å². The summed E-state index contributed by atoms with van der Waals surface area (Å²) >= 11 is 0. The average molecular weight is 322 g/mol. The Hall–Kier alpha value is -0.710. The predicted octanol–water partition coefficient (Wildman–Crippen LogP) is -4.16. The highest BCUT2D eigenvalue weighted by atomic mass is 35.5. The zero-order chi connectivity index (χ0) is 13.1. The molecule has 1 N–H and O–H groups in total. The van der Waals surface area contributed by atoms with Crippen LogP contribution in [0.4, 0.5) is 3.89 Å². The molecule has 0 spiro atoms. The molecule has 1 aromatic heterocycles. The third kappa shape index (κ3) is 6.89. The van der Waals surface area contributed by atoms with Gasteiger partial charge in [0.05, 0.1) is 19.3 Å². The second-order valence-electron chi connectivity index (χ2n) is 3.51. The van der Waals surface area contributed by atoms with E-state index < -0.39 is 26.2 Å². The molecule has 0 radical (unpaired) electrons. The molecule has 1 rings (SSSR count). The van der Waals surface area contributed by atoms with Gasteiger partial charge in [0.25, 0.3) is 0 Å². The van der Waals surface area contributed by atoms with Crippen LogP contribution in [0.3, 0.4) is 0 Å². The zero-order valence-electron chi connectivity index (χ0n) is 9.45.